The van der Waals surface area contributed by atoms with Gasteiger partial charge in [0.05, 0.1) is 5.56 Å². The van der Waals surface area contributed by atoms with Crippen LogP contribution in [0.2, 0.25) is 0 Å². The fourth-order valence-electron chi connectivity index (χ4n) is 2.58. The Bertz CT molecular complexity index is 515. The number of carbonyl (C=O) groups is 2. The van der Waals surface area contributed by atoms with Crippen molar-refractivity contribution in [1.29, 1.82) is 0 Å². The van der Waals surface area contributed by atoms with Crippen LogP contribution in [0.25, 0.3) is 0 Å². The van der Waals surface area contributed by atoms with Crippen molar-refractivity contribution in [2.75, 3.05) is 6.54 Å². The minimum atomic E-state index is -0.996. The maximum atomic E-state index is 12.6. The van der Waals surface area contributed by atoms with Crippen LogP contribution in [0.1, 0.15) is 55.5 Å². The Balaban J connectivity index is 3.19. The third-order valence-corrected chi connectivity index (χ3v) is 3.42. The second-order valence-electron chi connectivity index (χ2n) is 5.67. The molecule has 0 atom stereocenters. The molecule has 0 unspecified atom stereocenters. The maximum absolute atomic E-state index is 12.6. The van der Waals surface area contributed by atoms with E-state index in [0.717, 1.165) is 11.4 Å². The van der Waals surface area contributed by atoms with E-state index in [9.17, 15) is 9.59 Å². The van der Waals surface area contributed by atoms with E-state index in [2.05, 4.69) is 18.4 Å². The quantitative estimate of drug-likeness (QED) is 0.901. The maximum Gasteiger partial charge on any atom is 0.323 e. The van der Waals surface area contributed by atoms with Gasteiger partial charge in [-0.05, 0) is 47.6 Å². The van der Waals surface area contributed by atoms with Crippen LogP contribution >= 0.6 is 0 Å². The lowest BCUT2D eigenvalue weighted by molar-refractivity contribution is -0.138. The van der Waals surface area contributed by atoms with Crippen molar-refractivity contribution in [3.63, 3.8) is 0 Å². The zero-order chi connectivity index (χ0) is 15.6. The Labute approximate surface area is 120 Å². The number of carbonyl (C=O) groups excluding carboxylic acids is 1. The molecule has 5 heteroatoms. The number of nitrogens with zero attached hydrogens (tertiary/aromatic N) is 2. The third kappa shape index (κ3) is 3.21. The summed E-state index contributed by atoms with van der Waals surface area (Å²) in [6.45, 7) is 11.4. The van der Waals surface area contributed by atoms with E-state index in [4.69, 9.17) is 5.11 Å². The summed E-state index contributed by atoms with van der Waals surface area (Å²) < 4.78 is 2.09. The van der Waals surface area contributed by atoms with Crippen LogP contribution < -0.4 is 0 Å². The Kier molecular flexibility index (Phi) is 4.98. The van der Waals surface area contributed by atoms with E-state index in [0.29, 0.717) is 5.56 Å². The molecule has 0 spiro atoms. The number of aryl methyl sites for hydroxylation is 1. The molecule has 1 rings (SSSR count). The number of hydrogen-bond acceptors (Lipinski definition) is 2. The molecular weight excluding hydrogens is 256 g/mol. The van der Waals surface area contributed by atoms with Crippen LogP contribution in [-0.2, 0) is 4.79 Å². The minimum absolute atomic E-state index is 0.152. The molecule has 0 saturated carbocycles. The van der Waals surface area contributed by atoms with E-state index < -0.39 is 5.97 Å². The van der Waals surface area contributed by atoms with Crippen LogP contribution in [0.3, 0.4) is 0 Å². The number of aromatic nitrogens is 1. The Hall–Kier alpha value is -1.78. The molecule has 1 heterocycles. The number of aliphatic carboxylic acids is 1. The summed E-state index contributed by atoms with van der Waals surface area (Å²) in [4.78, 5) is 24.9. The van der Waals surface area contributed by atoms with Gasteiger partial charge in [0.1, 0.15) is 6.54 Å². The first-order chi connectivity index (χ1) is 9.16. The van der Waals surface area contributed by atoms with Crippen molar-refractivity contribution in [2.24, 2.45) is 0 Å². The Morgan fingerprint density at radius 3 is 2.15 bits per heavy atom. The summed E-state index contributed by atoms with van der Waals surface area (Å²) in [5.74, 6) is -1.22. The molecule has 0 saturated heterocycles. The Morgan fingerprint density at radius 2 is 1.80 bits per heavy atom. The van der Waals surface area contributed by atoms with Crippen LogP contribution in [0.15, 0.2) is 6.07 Å². The Morgan fingerprint density at radius 1 is 1.25 bits per heavy atom. The van der Waals surface area contributed by atoms with Gasteiger partial charge in [-0.25, -0.2) is 0 Å². The van der Waals surface area contributed by atoms with Gasteiger partial charge in [0, 0.05) is 23.5 Å². The fourth-order valence-corrected chi connectivity index (χ4v) is 2.58. The number of hydrogen-bond donors (Lipinski definition) is 1. The second kappa shape index (κ2) is 6.11. The van der Waals surface area contributed by atoms with Crippen molar-refractivity contribution in [3.05, 3.63) is 23.0 Å². The van der Waals surface area contributed by atoms with Crippen LogP contribution in [0, 0.1) is 13.8 Å². The standard InChI is InChI=1S/C15H24N2O3/c1-9(2)16(8-14(18)19)15(20)13-7-11(5)17(10(3)4)12(13)6/h7,9-10H,8H2,1-6H3,(H,18,19). The van der Waals surface area contributed by atoms with Crippen molar-refractivity contribution in [2.45, 2.75) is 53.6 Å². The molecule has 0 aliphatic heterocycles. The highest BCUT2D eigenvalue weighted by atomic mass is 16.4. The highest BCUT2D eigenvalue weighted by molar-refractivity contribution is 5.97. The predicted molar refractivity (Wildman–Crippen MR) is 78.1 cm³/mol. The number of amides is 1. The number of carboxylic acid groups (broad SMARTS) is 1. The van der Waals surface area contributed by atoms with Gasteiger partial charge in [-0.15, -0.1) is 0 Å². The lowest BCUT2D eigenvalue weighted by Crippen LogP contribution is -2.40. The van der Waals surface area contributed by atoms with Gasteiger partial charge in [-0.3, -0.25) is 9.59 Å². The second-order valence-corrected chi connectivity index (χ2v) is 5.67. The average molecular weight is 280 g/mol. The lowest BCUT2D eigenvalue weighted by atomic mass is 10.2. The van der Waals surface area contributed by atoms with E-state index >= 15 is 0 Å². The lowest BCUT2D eigenvalue weighted by Gasteiger charge is -2.25. The van der Waals surface area contributed by atoms with E-state index in [1.165, 1.54) is 4.90 Å². The molecule has 20 heavy (non-hydrogen) atoms. The van der Waals surface area contributed by atoms with Crippen molar-refractivity contribution < 1.29 is 14.7 Å². The van der Waals surface area contributed by atoms with Gasteiger partial charge in [0.15, 0.2) is 0 Å². The summed E-state index contributed by atoms with van der Waals surface area (Å²) in [5, 5.41) is 8.95. The minimum Gasteiger partial charge on any atom is -0.480 e. The van der Waals surface area contributed by atoms with Gasteiger partial charge in [0.2, 0.25) is 0 Å². The molecule has 0 aliphatic rings. The third-order valence-electron chi connectivity index (χ3n) is 3.42. The molecule has 1 aromatic heterocycles. The van der Waals surface area contributed by atoms with Crippen LogP contribution in [-0.4, -0.2) is 39.0 Å². The molecule has 0 aliphatic carbocycles. The first kappa shape index (κ1) is 16.3. The van der Waals surface area contributed by atoms with Crippen molar-refractivity contribution in [1.82, 2.24) is 9.47 Å². The number of carboxylic acids is 1. The normalized spacial score (nSPS) is 11.2. The molecule has 0 bridgehead atoms. The average Bonchev–Trinajstić information content (AvgIpc) is 2.60. The van der Waals surface area contributed by atoms with E-state index in [-0.39, 0.29) is 24.5 Å². The zero-order valence-corrected chi connectivity index (χ0v) is 13.1. The first-order valence-electron chi connectivity index (χ1n) is 6.88. The topological polar surface area (TPSA) is 62.5 Å². The summed E-state index contributed by atoms with van der Waals surface area (Å²) in [6, 6.07) is 1.96. The molecule has 1 amide bonds. The fraction of sp³-hybridized carbons (Fsp3) is 0.600. The first-order valence-corrected chi connectivity index (χ1v) is 6.88. The summed E-state index contributed by atoms with van der Waals surface area (Å²) >= 11 is 0. The van der Waals surface area contributed by atoms with Gasteiger partial charge < -0.3 is 14.6 Å². The van der Waals surface area contributed by atoms with Gasteiger partial charge in [-0.2, -0.15) is 0 Å². The zero-order valence-electron chi connectivity index (χ0n) is 13.1. The van der Waals surface area contributed by atoms with Crippen molar-refractivity contribution >= 4 is 11.9 Å². The van der Waals surface area contributed by atoms with E-state index in [1.807, 2.05) is 33.8 Å². The summed E-state index contributed by atoms with van der Waals surface area (Å²) in [5.41, 5.74) is 2.49. The molecule has 0 radical (unpaired) electrons. The molecule has 0 fully saturated rings. The summed E-state index contributed by atoms with van der Waals surface area (Å²) in [7, 11) is 0. The summed E-state index contributed by atoms with van der Waals surface area (Å²) in [6.07, 6.45) is 0. The highest BCUT2D eigenvalue weighted by Crippen LogP contribution is 2.22. The molecule has 0 aromatic carbocycles. The van der Waals surface area contributed by atoms with Gasteiger partial charge >= 0.3 is 5.97 Å². The van der Waals surface area contributed by atoms with Crippen LogP contribution in [0.4, 0.5) is 0 Å². The number of rotatable bonds is 5. The highest BCUT2D eigenvalue weighted by Gasteiger charge is 2.25. The van der Waals surface area contributed by atoms with Gasteiger partial charge in [0.25, 0.3) is 5.91 Å². The molecule has 1 N–H and O–H groups in total. The molecule has 5 nitrogen and oxygen atoms in total. The van der Waals surface area contributed by atoms with E-state index in [1.54, 1.807) is 0 Å². The van der Waals surface area contributed by atoms with Crippen molar-refractivity contribution in [3.8, 4) is 0 Å². The smallest absolute Gasteiger partial charge is 0.323 e. The molecule has 112 valence electrons. The predicted octanol–water partition coefficient (Wildman–Crippen LogP) is 2.62. The van der Waals surface area contributed by atoms with Gasteiger partial charge in [-0.1, -0.05) is 0 Å². The molecular formula is C15H24N2O3. The SMILES string of the molecule is Cc1cc(C(=O)N(CC(=O)O)C(C)C)c(C)n1C(C)C. The largest absolute Gasteiger partial charge is 0.480 e. The monoisotopic (exact) mass is 280 g/mol. The molecule has 1 aromatic rings. The van der Waals surface area contributed by atoms with Crippen LogP contribution in [0.5, 0.6) is 0 Å².